The number of H-pyrrole nitrogens is 1. The number of nitrogens with zero attached hydrogens (tertiary/aromatic N) is 7. The normalized spacial score (nSPS) is 11.1. The van der Waals surface area contributed by atoms with Crippen LogP contribution < -0.4 is 0 Å². The van der Waals surface area contributed by atoms with Gasteiger partial charge in [0.25, 0.3) is 0 Å². The summed E-state index contributed by atoms with van der Waals surface area (Å²) in [5.74, 6) is 1.62. The Bertz CT molecular complexity index is 917. The molecule has 9 heteroatoms. The molecule has 1 N–H and O–H groups in total. The van der Waals surface area contributed by atoms with E-state index in [1.54, 1.807) is 22.8 Å². The van der Waals surface area contributed by atoms with Gasteiger partial charge in [-0.3, -0.25) is 0 Å². The molecule has 4 aromatic rings. The number of rotatable bonds is 5. The molecule has 3 heterocycles. The van der Waals surface area contributed by atoms with Gasteiger partial charge in [-0.15, -0.1) is 16.9 Å². The summed E-state index contributed by atoms with van der Waals surface area (Å²) in [7, 11) is 0. The highest BCUT2D eigenvalue weighted by atomic mass is 32.2. The van der Waals surface area contributed by atoms with Crippen molar-refractivity contribution in [2.45, 2.75) is 11.4 Å². The number of tetrazole rings is 1. The maximum Gasteiger partial charge on any atom is 0.181 e. The van der Waals surface area contributed by atoms with Crippen molar-refractivity contribution in [1.82, 2.24) is 40.1 Å². The minimum absolute atomic E-state index is 0.677. The van der Waals surface area contributed by atoms with Crippen LogP contribution in [0.2, 0.25) is 0 Å². The van der Waals surface area contributed by atoms with Crippen molar-refractivity contribution in [3.63, 3.8) is 0 Å². The fourth-order valence-corrected chi connectivity index (χ4v) is 3.12. The van der Waals surface area contributed by atoms with E-state index in [2.05, 4.69) is 35.5 Å². The second kappa shape index (κ2) is 6.13. The van der Waals surface area contributed by atoms with Gasteiger partial charge in [-0.25, -0.2) is 15.0 Å². The van der Waals surface area contributed by atoms with E-state index in [0.717, 1.165) is 34.2 Å². The van der Waals surface area contributed by atoms with Crippen LogP contribution >= 0.6 is 11.8 Å². The van der Waals surface area contributed by atoms with Crippen molar-refractivity contribution in [1.29, 1.82) is 0 Å². The van der Waals surface area contributed by atoms with Crippen molar-refractivity contribution in [2.24, 2.45) is 0 Å². The van der Waals surface area contributed by atoms with Gasteiger partial charge < -0.3 is 4.98 Å². The number of aromatic nitrogens is 8. The van der Waals surface area contributed by atoms with Gasteiger partial charge >= 0.3 is 0 Å². The first-order valence-corrected chi connectivity index (χ1v) is 8.00. The highest BCUT2D eigenvalue weighted by Crippen LogP contribution is 2.22. The van der Waals surface area contributed by atoms with Gasteiger partial charge in [0.1, 0.15) is 16.9 Å². The number of nitrogens with one attached hydrogen (secondary N) is 1. The fraction of sp³-hybridized carbons (Fsp3) is 0.143. The largest absolute Gasteiger partial charge is 0.341 e. The molecule has 3 aromatic heterocycles. The molecule has 0 saturated carbocycles. The third-order valence-electron chi connectivity index (χ3n) is 3.29. The molecule has 0 atom stereocenters. The van der Waals surface area contributed by atoms with Crippen LogP contribution in [-0.4, -0.2) is 45.9 Å². The van der Waals surface area contributed by atoms with E-state index < -0.39 is 0 Å². The second-order valence-corrected chi connectivity index (χ2v) is 5.80. The number of aromatic amines is 1. The Kier molecular flexibility index (Phi) is 3.68. The lowest BCUT2D eigenvalue weighted by Crippen LogP contribution is -2.04. The smallest absolute Gasteiger partial charge is 0.181 e. The Labute approximate surface area is 135 Å². The van der Waals surface area contributed by atoms with Crippen LogP contribution in [0.5, 0.6) is 0 Å². The van der Waals surface area contributed by atoms with Crippen molar-refractivity contribution in [2.75, 3.05) is 5.75 Å². The van der Waals surface area contributed by atoms with Crippen molar-refractivity contribution < 1.29 is 0 Å². The van der Waals surface area contributed by atoms with Crippen molar-refractivity contribution in [3.05, 3.63) is 48.8 Å². The molecular weight excluding hydrogens is 312 g/mol. The maximum atomic E-state index is 4.30. The zero-order valence-corrected chi connectivity index (χ0v) is 12.8. The quantitative estimate of drug-likeness (QED) is 0.440. The maximum absolute atomic E-state index is 4.30. The third-order valence-corrected chi connectivity index (χ3v) is 4.28. The Morgan fingerprint density at radius 1 is 1.09 bits per heavy atom. The summed E-state index contributed by atoms with van der Waals surface area (Å²) in [6, 6.07) is 9.85. The summed E-state index contributed by atoms with van der Waals surface area (Å²) >= 11 is 1.63. The average Bonchev–Trinajstić information content (AvgIpc) is 3.25. The van der Waals surface area contributed by atoms with Crippen LogP contribution in [0.25, 0.3) is 16.9 Å². The van der Waals surface area contributed by atoms with E-state index in [1.807, 2.05) is 30.3 Å². The van der Waals surface area contributed by atoms with Crippen molar-refractivity contribution in [3.8, 4) is 5.69 Å². The summed E-state index contributed by atoms with van der Waals surface area (Å²) in [5, 5.41) is 12.8. The molecule has 0 spiro atoms. The van der Waals surface area contributed by atoms with E-state index in [0.29, 0.717) is 5.65 Å². The number of hydrogen-bond donors (Lipinski definition) is 1. The van der Waals surface area contributed by atoms with Gasteiger partial charge in [-0.2, -0.15) is 4.68 Å². The monoisotopic (exact) mass is 324 g/mol. The fourth-order valence-electron chi connectivity index (χ4n) is 2.22. The van der Waals surface area contributed by atoms with Gasteiger partial charge in [0.05, 0.1) is 12.0 Å². The van der Waals surface area contributed by atoms with Gasteiger partial charge in [0.2, 0.25) is 0 Å². The number of hydrogen-bond acceptors (Lipinski definition) is 7. The molecule has 4 rings (SSSR count). The van der Waals surface area contributed by atoms with E-state index in [9.17, 15) is 0 Å². The van der Waals surface area contributed by atoms with Crippen LogP contribution in [0, 0.1) is 0 Å². The predicted molar refractivity (Wildman–Crippen MR) is 85.3 cm³/mol. The number of benzene rings is 1. The van der Waals surface area contributed by atoms with Crippen LogP contribution in [0.15, 0.2) is 48.0 Å². The number of fused-ring (bicyclic) bond motifs is 1. The van der Waals surface area contributed by atoms with Crippen molar-refractivity contribution >= 4 is 22.9 Å². The van der Waals surface area contributed by atoms with E-state index in [4.69, 9.17) is 0 Å². The molecule has 0 bridgehead atoms. The molecule has 1 aromatic carbocycles. The van der Waals surface area contributed by atoms with Gasteiger partial charge in [0.15, 0.2) is 11.5 Å². The number of aryl methyl sites for hydroxylation is 1. The third kappa shape index (κ3) is 2.78. The number of para-hydroxylation sites is 1. The summed E-state index contributed by atoms with van der Waals surface area (Å²) in [5.41, 5.74) is 2.49. The zero-order valence-electron chi connectivity index (χ0n) is 12.0. The van der Waals surface area contributed by atoms with E-state index >= 15 is 0 Å². The first kappa shape index (κ1) is 13.8. The summed E-state index contributed by atoms with van der Waals surface area (Å²) in [6.45, 7) is 0. The second-order valence-electron chi connectivity index (χ2n) is 4.72. The summed E-state index contributed by atoms with van der Waals surface area (Å²) in [4.78, 5) is 15.6. The van der Waals surface area contributed by atoms with Gasteiger partial charge in [-0.1, -0.05) is 18.2 Å². The lowest BCUT2D eigenvalue weighted by molar-refractivity contribution is 0.767. The molecule has 23 heavy (non-hydrogen) atoms. The summed E-state index contributed by atoms with van der Waals surface area (Å²) < 4.78 is 1.76. The topological polar surface area (TPSA) is 98.1 Å². The average molecular weight is 324 g/mol. The SMILES string of the molecule is c1ccc(-n2nnnc2CCSc2ncnc3nc[nH]c23)cc1. The lowest BCUT2D eigenvalue weighted by Gasteiger charge is -2.04. The van der Waals surface area contributed by atoms with Crippen LogP contribution in [-0.2, 0) is 6.42 Å². The lowest BCUT2D eigenvalue weighted by atomic mass is 10.3. The Balaban J connectivity index is 1.48. The molecule has 0 radical (unpaired) electrons. The Hall–Kier alpha value is -2.81. The molecule has 0 unspecified atom stereocenters. The number of thioether (sulfide) groups is 1. The van der Waals surface area contributed by atoms with Crippen LogP contribution in [0.3, 0.4) is 0 Å². The predicted octanol–water partition coefficient (Wildman–Crippen LogP) is 1.66. The molecule has 0 aliphatic carbocycles. The Morgan fingerprint density at radius 2 is 2.00 bits per heavy atom. The van der Waals surface area contributed by atoms with Gasteiger partial charge in [-0.05, 0) is 22.6 Å². The molecule has 0 fully saturated rings. The minimum Gasteiger partial charge on any atom is -0.341 e. The molecule has 114 valence electrons. The number of imidazole rings is 1. The first-order valence-electron chi connectivity index (χ1n) is 7.01. The highest BCUT2D eigenvalue weighted by Gasteiger charge is 2.10. The van der Waals surface area contributed by atoms with E-state index in [1.165, 1.54) is 6.33 Å². The first-order chi connectivity index (χ1) is 11.4. The summed E-state index contributed by atoms with van der Waals surface area (Å²) in [6.07, 6.45) is 3.88. The van der Waals surface area contributed by atoms with Gasteiger partial charge in [0, 0.05) is 12.2 Å². The molecule has 8 nitrogen and oxygen atoms in total. The molecule has 0 aliphatic heterocycles. The molecule has 0 aliphatic rings. The Morgan fingerprint density at radius 3 is 2.91 bits per heavy atom. The molecule has 0 saturated heterocycles. The highest BCUT2D eigenvalue weighted by molar-refractivity contribution is 7.99. The minimum atomic E-state index is 0.677. The zero-order chi connectivity index (χ0) is 15.5. The standard InChI is InChI=1S/C14H12N8S/c1-2-4-10(5-3-1)22-11(19-20-21-22)6-7-23-14-12-13(16-8-15-12)17-9-18-14/h1-5,8-9H,6-7H2,(H,15,16,17,18). The van der Waals surface area contributed by atoms with Crippen LogP contribution in [0.4, 0.5) is 0 Å². The van der Waals surface area contributed by atoms with Crippen LogP contribution in [0.1, 0.15) is 5.82 Å². The molecule has 0 amide bonds. The van der Waals surface area contributed by atoms with E-state index in [-0.39, 0.29) is 0 Å². The molecular formula is C14H12N8S.